The molecule has 0 bridgehead atoms. The predicted molar refractivity (Wildman–Crippen MR) is 86.0 cm³/mol. The summed E-state index contributed by atoms with van der Waals surface area (Å²) in [5.41, 5.74) is 3.02. The van der Waals surface area contributed by atoms with Crippen LogP contribution in [0.3, 0.4) is 0 Å². The van der Waals surface area contributed by atoms with Gasteiger partial charge in [0.05, 0.1) is 0 Å². The summed E-state index contributed by atoms with van der Waals surface area (Å²) in [5, 5.41) is 0. The van der Waals surface area contributed by atoms with Gasteiger partial charge in [0.25, 0.3) is 0 Å². The Hall–Kier alpha value is -2.16. The molecule has 2 aromatic rings. The van der Waals surface area contributed by atoms with Crippen LogP contribution in [-0.2, 0) is 11.2 Å². The Morgan fingerprint density at radius 2 is 1.73 bits per heavy atom. The molecule has 1 fully saturated rings. The average Bonchev–Trinajstić information content (AvgIpc) is 3.08. The lowest BCUT2D eigenvalue weighted by Crippen LogP contribution is -2.27. The van der Waals surface area contributed by atoms with Crippen molar-refractivity contribution in [3.8, 4) is 11.1 Å². The summed E-state index contributed by atoms with van der Waals surface area (Å²) in [4.78, 5) is 14.0. The maximum Gasteiger partial charge on any atom is 0.222 e. The summed E-state index contributed by atoms with van der Waals surface area (Å²) in [7, 11) is 0. The van der Waals surface area contributed by atoms with E-state index < -0.39 is 0 Å². The van der Waals surface area contributed by atoms with Crippen LogP contribution >= 0.6 is 0 Å². The van der Waals surface area contributed by atoms with E-state index in [-0.39, 0.29) is 11.7 Å². The predicted octanol–water partition coefficient (Wildman–Crippen LogP) is 4.05. The fourth-order valence-corrected chi connectivity index (χ4v) is 2.91. The first-order valence-electron chi connectivity index (χ1n) is 7.85. The SMILES string of the molecule is O=C(CCc1ccc(-c2cccc(F)c2)cc1)N1CCCC1. The van der Waals surface area contributed by atoms with E-state index in [4.69, 9.17) is 0 Å². The number of likely N-dealkylation sites (tertiary alicyclic amines) is 1. The maximum atomic E-state index is 13.2. The second-order valence-corrected chi connectivity index (χ2v) is 5.80. The van der Waals surface area contributed by atoms with Crippen LogP contribution in [0.4, 0.5) is 4.39 Å². The van der Waals surface area contributed by atoms with Crippen molar-refractivity contribution in [3.05, 3.63) is 59.9 Å². The van der Waals surface area contributed by atoms with E-state index in [0.717, 1.165) is 49.0 Å². The fraction of sp³-hybridized carbons (Fsp3) is 0.316. The van der Waals surface area contributed by atoms with E-state index in [1.165, 1.54) is 12.1 Å². The first-order valence-corrected chi connectivity index (χ1v) is 7.85. The van der Waals surface area contributed by atoms with Crippen LogP contribution in [0.15, 0.2) is 48.5 Å². The summed E-state index contributed by atoms with van der Waals surface area (Å²) in [5.74, 6) is 0.0319. The molecular formula is C19H20FNO. The minimum atomic E-state index is -0.224. The first-order chi connectivity index (χ1) is 10.7. The van der Waals surface area contributed by atoms with Crippen molar-refractivity contribution >= 4 is 5.91 Å². The second-order valence-electron chi connectivity index (χ2n) is 5.80. The zero-order chi connectivity index (χ0) is 15.4. The lowest BCUT2D eigenvalue weighted by atomic mass is 10.0. The van der Waals surface area contributed by atoms with E-state index in [1.807, 2.05) is 35.2 Å². The minimum Gasteiger partial charge on any atom is -0.343 e. The monoisotopic (exact) mass is 297 g/mol. The van der Waals surface area contributed by atoms with Crippen LogP contribution in [-0.4, -0.2) is 23.9 Å². The van der Waals surface area contributed by atoms with E-state index in [1.54, 1.807) is 6.07 Å². The molecule has 0 radical (unpaired) electrons. The minimum absolute atomic E-state index is 0.224. The van der Waals surface area contributed by atoms with E-state index in [2.05, 4.69) is 0 Å². The van der Waals surface area contributed by atoms with Crippen molar-refractivity contribution in [2.45, 2.75) is 25.7 Å². The van der Waals surface area contributed by atoms with Gasteiger partial charge in [-0.1, -0.05) is 36.4 Å². The lowest BCUT2D eigenvalue weighted by molar-refractivity contribution is -0.130. The van der Waals surface area contributed by atoms with Gasteiger partial charge < -0.3 is 4.90 Å². The number of amides is 1. The van der Waals surface area contributed by atoms with Crippen molar-refractivity contribution in [1.29, 1.82) is 0 Å². The largest absolute Gasteiger partial charge is 0.343 e. The zero-order valence-electron chi connectivity index (χ0n) is 12.6. The fourth-order valence-electron chi connectivity index (χ4n) is 2.91. The van der Waals surface area contributed by atoms with Gasteiger partial charge in [0, 0.05) is 19.5 Å². The normalized spacial score (nSPS) is 14.3. The van der Waals surface area contributed by atoms with Gasteiger partial charge in [-0.3, -0.25) is 4.79 Å². The number of carbonyl (C=O) groups is 1. The van der Waals surface area contributed by atoms with Crippen LogP contribution < -0.4 is 0 Å². The Labute approximate surface area is 130 Å². The topological polar surface area (TPSA) is 20.3 Å². The molecule has 3 heteroatoms. The molecule has 1 amide bonds. The van der Waals surface area contributed by atoms with E-state index in [0.29, 0.717) is 6.42 Å². The average molecular weight is 297 g/mol. The summed E-state index contributed by atoms with van der Waals surface area (Å²) >= 11 is 0. The van der Waals surface area contributed by atoms with Crippen molar-refractivity contribution in [3.63, 3.8) is 0 Å². The van der Waals surface area contributed by atoms with Gasteiger partial charge in [0.2, 0.25) is 5.91 Å². The standard InChI is InChI=1S/C19H20FNO/c20-18-5-3-4-17(14-18)16-9-6-15(7-10-16)8-11-19(22)21-12-1-2-13-21/h3-7,9-10,14H,1-2,8,11-13H2. The molecule has 0 aliphatic carbocycles. The van der Waals surface area contributed by atoms with Gasteiger partial charge >= 0.3 is 0 Å². The van der Waals surface area contributed by atoms with E-state index >= 15 is 0 Å². The highest BCUT2D eigenvalue weighted by Crippen LogP contribution is 2.21. The van der Waals surface area contributed by atoms with Crippen LogP contribution in [0.2, 0.25) is 0 Å². The third kappa shape index (κ3) is 3.53. The molecule has 0 atom stereocenters. The Morgan fingerprint density at radius 1 is 1.00 bits per heavy atom. The number of halogens is 1. The van der Waals surface area contributed by atoms with Crippen LogP contribution in [0.25, 0.3) is 11.1 Å². The summed E-state index contributed by atoms with van der Waals surface area (Å²) in [6, 6.07) is 14.6. The highest BCUT2D eigenvalue weighted by Gasteiger charge is 2.17. The molecule has 1 aliphatic heterocycles. The molecule has 2 aromatic carbocycles. The number of aryl methyl sites for hydroxylation is 1. The van der Waals surface area contributed by atoms with Crippen molar-refractivity contribution < 1.29 is 9.18 Å². The summed E-state index contributed by atoms with van der Waals surface area (Å²) < 4.78 is 13.2. The van der Waals surface area contributed by atoms with Gasteiger partial charge in [0.15, 0.2) is 0 Å². The van der Waals surface area contributed by atoms with Crippen molar-refractivity contribution in [2.24, 2.45) is 0 Å². The third-order valence-corrected chi connectivity index (χ3v) is 4.20. The van der Waals surface area contributed by atoms with Crippen molar-refractivity contribution in [2.75, 3.05) is 13.1 Å². The molecular weight excluding hydrogens is 277 g/mol. The number of hydrogen-bond donors (Lipinski definition) is 0. The number of carbonyl (C=O) groups excluding carboxylic acids is 1. The Bertz CT molecular complexity index is 645. The molecule has 0 unspecified atom stereocenters. The number of benzene rings is 2. The number of hydrogen-bond acceptors (Lipinski definition) is 1. The molecule has 1 aliphatic rings. The molecule has 0 N–H and O–H groups in total. The molecule has 0 saturated carbocycles. The molecule has 22 heavy (non-hydrogen) atoms. The highest BCUT2D eigenvalue weighted by atomic mass is 19.1. The maximum absolute atomic E-state index is 13.2. The third-order valence-electron chi connectivity index (χ3n) is 4.20. The number of nitrogens with zero attached hydrogens (tertiary/aromatic N) is 1. The van der Waals surface area contributed by atoms with Gasteiger partial charge in [-0.2, -0.15) is 0 Å². The lowest BCUT2D eigenvalue weighted by Gasteiger charge is -2.15. The van der Waals surface area contributed by atoms with Crippen LogP contribution in [0.1, 0.15) is 24.8 Å². The molecule has 0 spiro atoms. The molecule has 0 aromatic heterocycles. The molecule has 1 saturated heterocycles. The summed E-state index contributed by atoms with van der Waals surface area (Å²) in [6.07, 6.45) is 3.60. The van der Waals surface area contributed by atoms with Crippen LogP contribution in [0.5, 0.6) is 0 Å². The Morgan fingerprint density at radius 3 is 2.41 bits per heavy atom. The zero-order valence-corrected chi connectivity index (χ0v) is 12.6. The van der Waals surface area contributed by atoms with Gasteiger partial charge in [0.1, 0.15) is 5.82 Å². The molecule has 114 valence electrons. The van der Waals surface area contributed by atoms with Gasteiger partial charge in [-0.05, 0) is 48.1 Å². The Kier molecular flexibility index (Phi) is 4.52. The Balaban J connectivity index is 1.60. The highest BCUT2D eigenvalue weighted by molar-refractivity contribution is 5.76. The quantitative estimate of drug-likeness (QED) is 0.834. The van der Waals surface area contributed by atoms with Crippen LogP contribution in [0, 0.1) is 5.82 Å². The second kappa shape index (κ2) is 6.73. The van der Waals surface area contributed by atoms with Gasteiger partial charge in [-0.15, -0.1) is 0 Å². The van der Waals surface area contributed by atoms with Gasteiger partial charge in [-0.25, -0.2) is 4.39 Å². The number of rotatable bonds is 4. The van der Waals surface area contributed by atoms with E-state index in [9.17, 15) is 9.18 Å². The smallest absolute Gasteiger partial charge is 0.222 e. The summed E-state index contributed by atoms with van der Waals surface area (Å²) in [6.45, 7) is 1.83. The molecule has 2 nitrogen and oxygen atoms in total. The first kappa shape index (κ1) is 14.8. The molecule has 1 heterocycles. The van der Waals surface area contributed by atoms with Crippen molar-refractivity contribution in [1.82, 2.24) is 4.90 Å². The molecule has 3 rings (SSSR count).